The van der Waals surface area contributed by atoms with Crippen LogP contribution in [0.25, 0.3) is 0 Å². The summed E-state index contributed by atoms with van der Waals surface area (Å²) in [4.78, 5) is 22.6. The first-order valence-electron chi connectivity index (χ1n) is 6.82. The zero-order chi connectivity index (χ0) is 14.3. The van der Waals surface area contributed by atoms with Gasteiger partial charge >= 0.3 is 12.0 Å². The van der Waals surface area contributed by atoms with Gasteiger partial charge in [0.05, 0.1) is 5.92 Å². The fraction of sp³-hybridized carbons (Fsp3) is 0.846. The molecule has 110 valence electrons. The Hall–Kier alpha value is -0.910. The van der Waals surface area contributed by atoms with Crippen molar-refractivity contribution in [3.05, 3.63) is 0 Å². The zero-order valence-electron chi connectivity index (χ0n) is 11.7. The Kier molecular flexibility index (Phi) is 6.48. The van der Waals surface area contributed by atoms with E-state index < -0.39 is 11.9 Å². The van der Waals surface area contributed by atoms with Gasteiger partial charge in [-0.1, -0.05) is 19.8 Å². The van der Waals surface area contributed by atoms with Crippen LogP contribution in [-0.4, -0.2) is 41.2 Å². The highest BCUT2D eigenvalue weighted by Gasteiger charge is 2.36. The van der Waals surface area contributed by atoms with Crippen molar-refractivity contribution in [3.63, 3.8) is 0 Å². The highest BCUT2D eigenvalue weighted by molar-refractivity contribution is 8.00. The molecule has 1 unspecified atom stereocenters. The highest BCUT2D eigenvalue weighted by atomic mass is 32.2. The van der Waals surface area contributed by atoms with Crippen molar-refractivity contribution in [2.45, 2.75) is 43.8 Å². The molecular formula is C13H24N2O3S. The molecule has 3 N–H and O–H groups in total. The van der Waals surface area contributed by atoms with E-state index in [9.17, 15) is 9.59 Å². The minimum Gasteiger partial charge on any atom is -0.481 e. The summed E-state index contributed by atoms with van der Waals surface area (Å²) in [7, 11) is 0. The molecule has 5 nitrogen and oxygen atoms in total. The third kappa shape index (κ3) is 4.93. The maximum absolute atomic E-state index is 11.7. The Balaban J connectivity index is 2.25. The molecule has 19 heavy (non-hydrogen) atoms. The minimum absolute atomic E-state index is 0.196. The standard InChI is InChI=1S/C13H24N2O3S/c1-3-5-10(11(16)17)8-14-12(18)15-9-13(19-2)6-4-7-13/h10H,3-9H2,1-2H3,(H,16,17)(H2,14,15,18). The summed E-state index contributed by atoms with van der Waals surface area (Å²) in [5.41, 5.74) is 0. The number of urea groups is 1. The molecule has 6 heteroatoms. The monoisotopic (exact) mass is 288 g/mol. The molecule has 1 saturated carbocycles. The molecule has 1 atom stereocenters. The van der Waals surface area contributed by atoms with Gasteiger partial charge in [0.15, 0.2) is 0 Å². The second-order valence-electron chi connectivity index (χ2n) is 5.13. The number of thioether (sulfide) groups is 1. The molecule has 1 rings (SSSR count). The molecule has 0 saturated heterocycles. The lowest BCUT2D eigenvalue weighted by Gasteiger charge is -2.40. The van der Waals surface area contributed by atoms with Crippen molar-refractivity contribution in [2.75, 3.05) is 19.3 Å². The fourth-order valence-electron chi connectivity index (χ4n) is 2.21. The molecule has 0 aromatic carbocycles. The number of amides is 2. The normalized spacial score (nSPS) is 18.2. The Morgan fingerprint density at radius 2 is 2.05 bits per heavy atom. The van der Waals surface area contributed by atoms with Crippen molar-refractivity contribution in [3.8, 4) is 0 Å². The van der Waals surface area contributed by atoms with Gasteiger partial charge < -0.3 is 15.7 Å². The van der Waals surface area contributed by atoms with Crippen LogP contribution in [0.15, 0.2) is 0 Å². The van der Waals surface area contributed by atoms with E-state index >= 15 is 0 Å². The summed E-state index contributed by atoms with van der Waals surface area (Å²) in [6.45, 7) is 2.79. The zero-order valence-corrected chi connectivity index (χ0v) is 12.5. The van der Waals surface area contributed by atoms with Gasteiger partial charge in [-0.15, -0.1) is 0 Å². The summed E-state index contributed by atoms with van der Waals surface area (Å²) in [5.74, 6) is -1.34. The maximum Gasteiger partial charge on any atom is 0.314 e. The Bertz CT molecular complexity index is 314. The van der Waals surface area contributed by atoms with Gasteiger partial charge in [0.25, 0.3) is 0 Å². The van der Waals surface area contributed by atoms with Crippen molar-refractivity contribution >= 4 is 23.8 Å². The number of carbonyl (C=O) groups excluding carboxylic acids is 1. The summed E-state index contributed by atoms with van der Waals surface area (Å²) in [6, 6.07) is -0.261. The number of aliphatic carboxylic acids is 1. The predicted octanol–water partition coefficient (Wildman–Crippen LogP) is 2.07. The summed E-state index contributed by atoms with van der Waals surface area (Å²) < 4.78 is 0.201. The van der Waals surface area contributed by atoms with Gasteiger partial charge in [-0.25, -0.2) is 4.79 Å². The minimum atomic E-state index is -0.846. The van der Waals surface area contributed by atoms with Crippen LogP contribution in [0.2, 0.25) is 0 Å². The quantitative estimate of drug-likeness (QED) is 0.639. The number of carbonyl (C=O) groups is 2. The number of carboxylic acid groups (broad SMARTS) is 1. The first-order chi connectivity index (χ1) is 9.03. The molecule has 0 aromatic heterocycles. The molecule has 0 spiro atoms. The van der Waals surface area contributed by atoms with Gasteiger partial charge in [0, 0.05) is 17.8 Å². The number of rotatable bonds is 8. The number of hydrogen-bond donors (Lipinski definition) is 3. The Labute approximate surface area is 118 Å². The molecule has 0 radical (unpaired) electrons. The van der Waals surface area contributed by atoms with E-state index in [0.717, 1.165) is 19.3 Å². The van der Waals surface area contributed by atoms with Gasteiger partial charge in [-0.05, 0) is 25.5 Å². The number of nitrogens with one attached hydrogen (secondary N) is 2. The number of carboxylic acids is 1. The predicted molar refractivity (Wildman–Crippen MR) is 77.5 cm³/mol. The maximum atomic E-state index is 11.7. The lowest BCUT2D eigenvalue weighted by Crippen LogP contribution is -2.49. The first kappa shape index (κ1) is 16.1. The summed E-state index contributed by atoms with van der Waals surface area (Å²) >= 11 is 1.80. The molecule has 0 aliphatic heterocycles. The summed E-state index contributed by atoms with van der Waals surface area (Å²) in [5, 5.41) is 14.5. The third-order valence-electron chi connectivity index (χ3n) is 3.76. The third-order valence-corrected chi connectivity index (χ3v) is 5.18. The highest BCUT2D eigenvalue weighted by Crippen LogP contribution is 2.42. The van der Waals surface area contributed by atoms with Gasteiger partial charge in [-0.2, -0.15) is 11.8 Å². The molecule has 1 fully saturated rings. The summed E-state index contributed by atoms with van der Waals surface area (Å²) in [6.07, 6.45) is 6.96. The van der Waals surface area contributed by atoms with Gasteiger partial charge in [-0.3, -0.25) is 4.79 Å². The van der Waals surface area contributed by atoms with E-state index in [1.807, 2.05) is 6.92 Å². The van der Waals surface area contributed by atoms with Gasteiger partial charge in [0.2, 0.25) is 0 Å². The second kappa shape index (κ2) is 7.62. The van der Waals surface area contributed by atoms with E-state index in [1.54, 1.807) is 11.8 Å². The lowest BCUT2D eigenvalue weighted by molar-refractivity contribution is -0.141. The van der Waals surface area contributed by atoms with E-state index in [1.165, 1.54) is 6.42 Å². The molecule has 0 aromatic rings. The van der Waals surface area contributed by atoms with Crippen LogP contribution >= 0.6 is 11.8 Å². The van der Waals surface area contributed by atoms with Crippen molar-refractivity contribution in [2.24, 2.45) is 5.92 Å². The number of hydrogen-bond acceptors (Lipinski definition) is 3. The largest absolute Gasteiger partial charge is 0.481 e. The molecule has 1 aliphatic rings. The van der Waals surface area contributed by atoms with Crippen LogP contribution in [0.3, 0.4) is 0 Å². The second-order valence-corrected chi connectivity index (χ2v) is 6.40. The smallest absolute Gasteiger partial charge is 0.314 e. The topological polar surface area (TPSA) is 78.4 Å². The molecular weight excluding hydrogens is 264 g/mol. The molecule has 0 heterocycles. The average molecular weight is 288 g/mol. The van der Waals surface area contributed by atoms with Crippen molar-refractivity contribution in [1.29, 1.82) is 0 Å². The van der Waals surface area contributed by atoms with Crippen molar-refractivity contribution < 1.29 is 14.7 Å². The molecule has 0 bridgehead atoms. The lowest BCUT2D eigenvalue weighted by atomic mass is 9.84. The van der Waals surface area contributed by atoms with Crippen LogP contribution in [0.5, 0.6) is 0 Å². The van der Waals surface area contributed by atoms with Crippen LogP contribution < -0.4 is 10.6 Å². The van der Waals surface area contributed by atoms with E-state index in [0.29, 0.717) is 13.0 Å². The van der Waals surface area contributed by atoms with E-state index in [4.69, 9.17) is 5.11 Å². The van der Waals surface area contributed by atoms with E-state index in [2.05, 4.69) is 16.9 Å². The van der Waals surface area contributed by atoms with E-state index in [-0.39, 0.29) is 17.3 Å². The Morgan fingerprint density at radius 3 is 2.47 bits per heavy atom. The first-order valence-corrected chi connectivity index (χ1v) is 8.05. The van der Waals surface area contributed by atoms with Gasteiger partial charge in [0.1, 0.15) is 0 Å². The van der Waals surface area contributed by atoms with Crippen LogP contribution in [-0.2, 0) is 4.79 Å². The molecule has 1 aliphatic carbocycles. The Morgan fingerprint density at radius 1 is 1.37 bits per heavy atom. The average Bonchev–Trinajstić information content (AvgIpc) is 2.33. The fourth-order valence-corrected chi connectivity index (χ4v) is 3.12. The van der Waals surface area contributed by atoms with Crippen LogP contribution in [0, 0.1) is 5.92 Å². The van der Waals surface area contributed by atoms with Crippen LogP contribution in [0.1, 0.15) is 39.0 Å². The van der Waals surface area contributed by atoms with Crippen molar-refractivity contribution in [1.82, 2.24) is 10.6 Å². The molecule has 2 amide bonds. The SMILES string of the molecule is CCCC(CNC(=O)NCC1(SC)CCC1)C(=O)O. The van der Waals surface area contributed by atoms with Crippen LogP contribution in [0.4, 0.5) is 4.79 Å².